The van der Waals surface area contributed by atoms with Crippen molar-refractivity contribution < 1.29 is 19.1 Å². The maximum atomic E-state index is 12.4. The van der Waals surface area contributed by atoms with Crippen LogP contribution in [0.4, 0.5) is 0 Å². The van der Waals surface area contributed by atoms with Crippen LogP contribution in [-0.4, -0.2) is 25.2 Å². The first-order chi connectivity index (χ1) is 16.5. The molecule has 194 valence electrons. The van der Waals surface area contributed by atoms with Crippen LogP contribution >= 0.6 is 0 Å². The summed E-state index contributed by atoms with van der Waals surface area (Å²) in [4.78, 5) is 24.7. The summed E-state index contributed by atoms with van der Waals surface area (Å²) in [5.74, 6) is -1.02. The summed E-state index contributed by atoms with van der Waals surface area (Å²) in [5, 5.41) is 0. The van der Waals surface area contributed by atoms with Crippen molar-refractivity contribution in [2.45, 2.75) is 124 Å². The molecule has 0 N–H and O–H groups in total. The normalized spacial score (nSPS) is 11.4. The number of ether oxygens (including phenoxy) is 2. The molecule has 1 rings (SSSR count). The minimum Gasteiger partial charge on any atom is -0.465 e. The molecule has 0 aliphatic rings. The molecule has 0 atom stereocenters. The first-order valence-corrected chi connectivity index (χ1v) is 13.9. The summed E-state index contributed by atoms with van der Waals surface area (Å²) in [6.45, 7) is 6.06. The lowest BCUT2D eigenvalue weighted by Gasteiger charge is -2.20. The number of esters is 2. The van der Waals surface area contributed by atoms with E-state index in [0.29, 0.717) is 13.0 Å². The molecule has 4 heteroatoms. The molecule has 0 fully saturated rings. The highest BCUT2D eigenvalue weighted by molar-refractivity contribution is 5.99. The maximum absolute atomic E-state index is 12.4. The molecule has 0 bridgehead atoms. The van der Waals surface area contributed by atoms with E-state index in [1.54, 1.807) is 13.8 Å². The zero-order chi connectivity index (χ0) is 24.9. The minimum absolute atomic E-state index is 0.263. The van der Waals surface area contributed by atoms with Gasteiger partial charge in [0.2, 0.25) is 0 Å². The number of hydrogen-bond donors (Lipinski definition) is 0. The lowest BCUT2D eigenvalue weighted by molar-refractivity contribution is -0.169. The molecule has 0 saturated heterocycles. The molecule has 34 heavy (non-hydrogen) atoms. The molecule has 0 spiro atoms. The molecular formula is C30H50O4. The summed E-state index contributed by atoms with van der Waals surface area (Å²) < 4.78 is 10.7. The third-order valence-corrected chi connectivity index (χ3v) is 6.47. The van der Waals surface area contributed by atoms with E-state index in [1.807, 2.05) is 30.3 Å². The van der Waals surface area contributed by atoms with Crippen LogP contribution in [0.5, 0.6) is 0 Å². The largest absolute Gasteiger partial charge is 0.465 e. The fourth-order valence-electron chi connectivity index (χ4n) is 3.99. The second-order valence-corrected chi connectivity index (χ2v) is 10.1. The van der Waals surface area contributed by atoms with Crippen LogP contribution in [-0.2, 0) is 25.5 Å². The van der Waals surface area contributed by atoms with Gasteiger partial charge in [0.15, 0.2) is 5.41 Å². The van der Waals surface area contributed by atoms with Crippen molar-refractivity contribution in [3.8, 4) is 0 Å². The van der Waals surface area contributed by atoms with E-state index in [1.165, 1.54) is 83.5 Å². The van der Waals surface area contributed by atoms with Crippen LogP contribution in [0.1, 0.15) is 123 Å². The van der Waals surface area contributed by atoms with Crippen molar-refractivity contribution >= 4 is 11.9 Å². The van der Waals surface area contributed by atoms with Gasteiger partial charge in [-0.05, 0) is 25.8 Å². The van der Waals surface area contributed by atoms with Crippen LogP contribution in [0.25, 0.3) is 0 Å². The van der Waals surface area contributed by atoms with E-state index in [9.17, 15) is 9.59 Å². The highest BCUT2D eigenvalue weighted by Crippen LogP contribution is 2.20. The Kier molecular flexibility index (Phi) is 17.3. The fourth-order valence-corrected chi connectivity index (χ4v) is 3.99. The first kappa shape index (κ1) is 30.2. The van der Waals surface area contributed by atoms with Crippen molar-refractivity contribution in [3.05, 3.63) is 35.9 Å². The van der Waals surface area contributed by atoms with Gasteiger partial charge in [-0.3, -0.25) is 9.59 Å². The number of rotatable bonds is 21. The highest BCUT2D eigenvalue weighted by atomic mass is 16.6. The van der Waals surface area contributed by atoms with E-state index in [2.05, 4.69) is 6.92 Å². The minimum atomic E-state index is -1.27. The Morgan fingerprint density at radius 2 is 1.03 bits per heavy atom. The molecule has 0 aliphatic heterocycles. The lowest BCUT2D eigenvalue weighted by atomic mass is 9.94. The van der Waals surface area contributed by atoms with E-state index in [-0.39, 0.29) is 6.61 Å². The van der Waals surface area contributed by atoms with Gasteiger partial charge in [0, 0.05) is 6.42 Å². The Morgan fingerprint density at radius 1 is 0.618 bits per heavy atom. The van der Waals surface area contributed by atoms with Gasteiger partial charge in [0.05, 0.1) is 13.2 Å². The van der Waals surface area contributed by atoms with E-state index >= 15 is 0 Å². The van der Waals surface area contributed by atoms with Gasteiger partial charge in [0.25, 0.3) is 0 Å². The van der Waals surface area contributed by atoms with Crippen molar-refractivity contribution in [3.63, 3.8) is 0 Å². The van der Waals surface area contributed by atoms with Gasteiger partial charge >= 0.3 is 11.9 Å². The van der Waals surface area contributed by atoms with Crippen molar-refractivity contribution in [1.82, 2.24) is 0 Å². The fraction of sp³-hybridized carbons (Fsp3) is 0.733. The summed E-state index contributed by atoms with van der Waals surface area (Å²) >= 11 is 0. The third kappa shape index (κ3) is 14.4. The van der Waals surface area contributed by atoms with Crippen LogP contribution in [0.2, 0.25) is 0 Å². The molecule has 0 unspecified atom stereocenters. The molecule has 0 amide bonds. The molecule has 1 aromatic rings. The smallest absolute Gasteiger partial charge is 0.322 e. The Bertz CT molecular complexity index is 638. The zero-order valence-electron chi connectivity index (χ0n) is 22.2. The Morgan fingerprint density at radius 3 is 1.50 bits per heavy atom. The molecule has 4 nitrogen and oxygen atoms in total. The lowest BCUT2D eigenvalue weighted by Crippen LogP contribution is -2.37. The average molecular weight is 475 g/mol. The Labute approximate surface area is 209 Å². The predicted octanol–water partition coefficient (Wildman–Crippen LogP) is 8.21. The van der Waals surface area contributed by atoms with Crippen LogP contribution in [0, 0.1) is 5.41 Å². The third-order valence-electron chi connectivity index (χ3n) is 6.47. The number of hydrogen-bond acceptors (Lipinski definition) is 4. The number of carbonyl (C=O) groups excluding carboxylic acids is 2. The summed E-state index contributed by atoms with van der Waals surface area (Å²) in [7, 11) is 0. The van der Waals surface area contributed by atoms with Gasteiger partial charge in [-0.2, -0.15) is 0 Å². The van der Waals surface area contributed by atoms with Crippen molar-refractivity contribution in [2.24, 2.45) is 5.41 Å². The number of unbranched alkanes of at least 4 members (excludes halogenated alkanes) is 14. The standard InChI is InChI=1S/C30H50O4/c1-4-5-6-7-8-9-10-11-12-13-14-15-16-17-21-25-33-28(31)30(2,3)29(32)34-26-24-27-22-19-18-20-23-27/h18-20,22-23H,4-17,21,24-26H2,1-3H3. The summed E-state index contributed by atoms with van der Waals surface area (Å²) in [6, 6.07) is 9.84. The molecule has 0 heterocycles. The molecule has 0 radical (unpaired) electrons. The van der Waals surface area contributed by atoms with E-state index in [4.69, 9.17) is 9.47 Å². The second kappa shape index (κ2) is 19.5. The molecule has 0 aliphatic carbocycles. The van der Waals surface area contributed by atoms with E-state index < -0.39 is 17.4 Å². The quantitative estimate of drug-likeness (QED) is 0.102. The average Bonchev–Trinajstić information content (AvgIpc) is 2.84. The molecular weight excluding hydrogens is 424 g/mol. The van der Waals surface area contributed by atoms with Crippen LogP contribution in [0.15, 0.2) is 30.3 Å². The van der Waals surface area contributed by atoms with Gasteiger partial charge in [-0.1, -0.05) is 127 Å². The topological polar surface area (TPSA) is 52.6 Å². The Balaban J connectivity index is 1.96. The van der Waals surface area contributed by atoms with Gasteiger partial charge in [0.1, 0.15) is 0 Å². The second-order valence-electron chi connectivity index (χ2n) is 10.1. The van der Waals surface area contributed by atoms with Crippen LogP contribution in [0.3, 0.4) is 0 Å². The molecule has 0 aromatic heterocycles. The number of benzene rings is 1. The molecule has 1 aromatic carbocycles. The SMILES string of the molecule is CCCCCCCCCCCCCCCCCOC(=O)C(C)(C)C(=O)OCCc1ccccc1. The van der Waals surface area contributed by atoms with Crippen LogP contribution < -0.4 is 0 Å². The van der Waals surface area contributed by atoms with Gasteiger partial charge in [-0.15, -0.1) is 0 Å². The monoisotopic (exact) mass is 474 g/mol. The highest BCUT2D eigenvalue weighted by Gasteiger charge is 2.39. The van der Waals surface area contributed by atoms with Crippen molar-refractivity contribution in [2.75, 3.05) is 13.2 Å². The first-order valence-electron chi connectivity index (χ1n) is 13.9. The molecule has 0 saturated carbocycles. The van der Waals surface area contributed by atoms with Gasteiger partial charge < -0.3 is 9.47 Å². The number of carbonyl (C=O) groups is 2. The zero-order valence-corrected chi connectivity index (χ0v) is 22.2. The summed E-state index contributed by atoms with van der Waals surface area (Å²) in [6.07, 6.45) is 20.1. The van der Waals surface area contributed by atoms with E-state index in [0.717, 1.165) is 18.4 Å². The van der Waals surface area contributed by atoms with Gasteiger partial charge in [-0.25, -0.2) is 0 Å². The van der Waals surface area contributed by atoms with Crippen molar-refractivity contribution in [1.29, 1.82) is 0 Å². The maximum Gasteiger partial charge on any atom is 0.322 e. The predicted molar refractivity (Wildman–Crippen MR) is 141 cm³/mol. The summed E-state index contributed by atoms with van der Waals surface area (Å²) in [5.41, 5.74) is -0.171. The Hall–Kier alpha value is -1.84.